The molecule has 10 heteroatoms. The van der Waals surface area contributed by atoms with E-state index >= 15 is 0 Å². The minimum absolute atomic E-state index is 0.199. The van der Waals surface area contributed by atoms with E-state index in [1.54, 1.807) is 43.5 Å². The molecule has 0 saturated carbocycles. The van der Waals surface area contributed by atoms with Crippen LogP contribution in [-0.2, 0) is 9.53 Å². The number of hydrogen-bond acceptors (Lipinski definition) is 8. The number of nitrogens with one attached hydrogen (secondary N) is 2. The van der Waals surface area contributed by atoms with Gasteiger partial charge >= 0.3 is 5.97 Å². The molecule has 1 amide bonds. The zero-order valence-electron chi connectivity index (χ0n) is 15.5. The van der Waals surface area contributed by atoms with Gasteiger partial charge in [0.25, 0.3) is 5.91 Å². The minimum Gasteiger partial charge on any atom is -0.497 e. The summed E-state index contributed by atoms with van der Waals surface area (Å²) in [5, 5.41) is 3.40. The average molecular weight is 412 g/mol. The minimum atomic E-state index is -0.661. The molecule has 0 aliphatic carbocycles. The summed E-state index contributed by atoms with van der Waals surface area (Å²) in [5.74, 6) is -0.0143. The van der Waals surface area contributed by atoms with E-state index in [0.29, 0.717) is 33.7 Å². The quantitative estimate of drug-likeness (QED) is 0.468. The van der Waals surface area contributed by atoms with Crippen LogP contribution in [0.25, 0.3) is 21.9 Å². The topological polar surface area (TPSA) is 115 Å². The molecule has 0 radical (unpaired) electrons. The number of carbonyl (C=O) groups is 2. The van der Waals surface area contributed by atoms with Crippen LogP contribution in [-0.4, -0.2) is 46.4 Å². The number of fused-ring (bicyclic) bond motifs is 2. The maximum atomic E-state index is 12.4. The van der Waals surface area contributed by atoms with Gasteiger partial charge in [0, 0.05) is 11.5 Å². The second-order valence-electron chi connectivity index (χ2n) is 6.04. The monoisotopic (exact) mass is 412 g/mol. The van der Waals surface area contributed by atoms with Gasteiger partial charge in [0.2, 0.25) is 0 Å². The number of aromatic amines is 1. The zero-order valence-corrected chi connectivity index (χ0v) is 16.3. The Bertz CT molecular complexity index is 1220. The summed E-state index contributed by atoms with van der Waals surface area (Å²) in [6.45, 7) is -0.442. The summed E-state index contributed by atoms with van der Waals surface area (Å²) < 4.78 is 23.9. The first kappa shape index (κ1) is 18.7. The van der Waals surface area contributed by atoms with Crippen LogP contribution in [0, 0.1) is 0 Å². The van der Waals surface area contributed by atoms with Crippen molar-refractivity contribution in [2.24, 2.45) is 0 Å². The van der Waals surface area contributed by atoms with E-state index in [1.165, 1.54) is 7.11 Å². The van der Waals surface area contributed by atoms with Gasteiger partial charge in [-0.15, -0.1) is 0 Å². The lowest BCUT2D eigenvalue weighted by atomic mass is 10.2. The highest BCUT2D eigenvalue weighted by Crippen LogP contribution is 2.31. The molecule has 0 saturated heterocycles. The molecule has 0 atom stereocenters. The van der Waals surface area contributed by atoms with Crippen molar-refractivity contribution in [1.82, 2.24) is 13.7 Å². The molecule has 29 heavy (non-hydrogen) atoms. The van der Waals surface area contributed by atoms with Crippen molar-refractivity contribution in [2.75, 3.05) is 26.1 Å². The Morgan fingerprint density at radius 3 is 2.79 bits per heavy atom. The lowest BCUT2D eigenvalue weighted by molar-refractivity contribution is -0.119. The molecule has 0 bridgehead atoms. The van der Waals surface area contributed by atoms with Crippen LogP contribution >= 0.6 is 11.7 Å². The first-order chi connectivity index (χ1) is 14.1. The second-order valence-corrected chi connectivity index (χ2v) is 6.57. The molecule has 2 heterocycles. The summed E-state index contributed by atoms with van der Waals surface area (Å²) in [7, 11) is 3.07. The molecular weight excluding hydrogens is 396 g/mol. The van der Waals surface area contributed by atoms with Crippen molar-refractivity contribution in [3.8, 4) is 11.5 Å². The molecule has 0 aliphatic rings. The molecule has 0 aliphatic heterocycles. The first-order valence-corrected chi connectivity index (χ1v) is 9.25. The van der Waals surface area contributed by atoms with E-state index in [4.69, 9.17) is 14.2 Å². The van der Waals surface area contributed by atoms with E-state index in [-0.39, 0.29) is 5.69 Å². The van der Waals surface area contributed by atoms with Crippen LogP contribution in [0.5, 0.6) is 11.5 Å². The molecule has 2 N–H and O–H groups in total. The number of benzene rings is 2. The van der Waals surface area contributed by atoms with Crippen molar-refractivity contribution in [1.29, 1.82) is 0 Å². The lowest BCUT2D eigenvalue weighted by Crippen LogP contribution is -2.21. The molecule has 2 aromatic heterocycles. The highest BCUT2D eigenvalue weighted by atomic mass is 32.1. The third-order valence-electron chi connectivity index (χ3n) is 4.24. The van der Waals surface area contributed by atoms with Crippen molar-refractivity contribution < 1.29 is 23.8 Å². The maximum absolute atomic E-state index is 12.4. The van der Waals surface area contributed by atoms with Gasteiger partial charge in [-0.3, -0.25) is 4.79 Å². The van der Waals surface area contributed by atoms with E-state index in [0.717, 1.165) is 17.1 Å². The standard InChI is InChI=1S/C19H16N4O5S/c1-26-11-6-10-7-14(21-17(10)15(8-11)27-2)19(25)28-9-16(24)20-12-4-3-5-13-18(12)23-29-22-13/h3-8,21H,9H2,1-2H3,(H,20,24). The second kappa shape index (κ2) is 7.76. The van der Waals surface area contributed by atoms with Crippen molar-refractivity contribution in [2.45, 2.75) is 0 Å². The smallest absolute Gasteiger partial charge is 0.355 e. The molecule has 9 nitrogen and oxygen atoms in total. The Hall–Kier alpha value is -3.66. The molecule has 4 aromatic rings. The summed E-state index contributed by atoms with van der Waals surface area (Å²) in [6, 6.07) is 10.4. The first-order valence-electron chi connectivity index (χ1n) is 8.52. The van der Waals surface area contributed by atoms with Gasteiger partial charge in [-0.2, -0.15) is 8.75 Å². The number of H-pyrrole nitrogens is 1. The predicted molar refractivity (Wildman–Crippen MR) is 108 cm³/mol. The van der Waals surface area contributed by atoms with Crippen molar-refractivity contribution in [3.63, 3.8) is 0 Å². The largest absolute Gasteiger partial charge is 0.497 e. The lowest BCUT2D eigenvalue weighted by Gasteiger charge is -2.06. The number of esters is 1. The van der Waals surface area contributed by atoms with Crippen LogP contribution in [0.3, 0.4) is 0 Å². The molecule has 0 unspecified atom stereocenters. The van der Waals surface area contributed by atoms with Crippen LogP contribution in [0.4, 0.5) is 5.69 Å². The van der Waals surface area contributed by atoms with Gasteiger partial charge in [0.05, 0.1) is 37.2 Å². The van der Waals surface area contributed by atoms with Gasteiger partial charge < -0.3 is 24.5 Å². The van der Waals surface area contributed by atoms with Crippen LogP contribution in [0.1, 0.15) is 10.5 Å². The van der Waals surface area contributed by atoms with Gasteiger partial charge in [-0.05, 0) is 24.3 Å². The summed E-state index contributed by atoms with van der Waals surface area (Å²) in [6.07, 6.45) is 0. The highest BCUT2D eigenvalue weighted by Gasteiger charge is 2.17. The fraction of sp³-hybridized carbons (Fsp3) is 0.158. The number of methoxy groups -OCH3 is 2. The number of carbonyl (C=O) groups excluding carboxylic acids is 2. The number of amides is 1. The Kier molecular flexibility index (Phi) is 5.00. The number of hydrogen-bond donors (Lipinski definition) is 2. The number of nitrogens with zero attached hydrogens (tertiary/aromatic N) is 2. The van der Waals surface area contributed by atoms with E-state index in [1.807, 2.05) is 0 Å². The third kappa shape index (κ3) is 3.69. The van der Waals surface area contributed by atoms with E-state index in [9.17, 15) is 9.59 Å². The van der Waals surface area contributed by atoms with E-state index < -0.39 is 18.5 Å². The fourth-order valence-electron chi connectivity index (χ4n) is 2.88. The molecule has 148 valence electrons. The molecule has 0 spiro atoms. The summed E-state index contributed by atoms with van der Waals surface area (Å²) in [4.78, 5) is 27.5. The van der Waals surface area contributed by atoms with E-state index in [2.05, 4.69) is 19.0 Å². The van der Waals surface area contributed by atoms with Crippen LogP contribution < -0.4 is 14.8 Å². The molecular formula is C19H16N4O5S. The Morgan fingerprint density at radius 1 is 1.14 bits per heavy atom. The zero-order chi connectivity index (χ0) is 20.4. The Balaban J connectivity index is 1.45. The summed E-state index contributed by atoms with van der Waals surface area (Å²) in [5.41, 5.74) is 2.62. The van der Waals surface area contributed by atoms with Crippen molar-refractivity contribution >= 4 is 51.2 Å². The van der Waals surface area contributed by atoms with Gasteiger partial charge in [-0.25, -0.2) is 4.79 Å². The van der Waals surface area contributed by atoms with Gasteiger partial charge in [0.15, 0.2) is 6.61 Å². The Labute approximate surface area is 168 Å². The number of anilines is 1. The molecule has 0 fully saturated rings. The summed E-state index contributed by atoms with van der Waals surface area (Å²) >= 11 is 1.06. The van der Waals surface area contributed by atoms with Gasteiger partial charge in [0.1, 0.15) is 28.2 Å². The maximum Gasteiger partial charge on any atom is 0.355 e. The van der Waals surface area contributed by atoms with Crippen LogP contribution in [0.15, 0.2) is 36.4 Å². The molecule has 2 aromatic carbocycles. The number of aromatic nitrogens is 3. The van der Waals surface area contributed by atoms with Gasteiger partial charge in [-0.1, -0.05) is 6.07 Å². The Morgan fingerprint density at radius 2 is 2.00 bits per heavy atom. The average Bonchev–Trinajstić information content (AvgIpc) is 3.38. The SMILES string of the molecule is COc1cc(OC)c2[nH]c(C(=O)OCC(=O)Nc3cccc4nsnc34)cc2c1. The number of rotatable bonds is 6. The number of ether oxygens (including phenoxy) is 3. The highest BCUT2D eigenvalue weighted by molar-refractivity contribution is 7.00. The normalized spacial score (nSPS) is 10.8. The third-order valence-corrected chi connectivity index (χ3v) is 4.78. The van der Waals surface area contributed by atoms with Crippen molar-refractivity contribution in [3.05, 3.63) is 42.1 Å². The van der Waals surface area contributed by atoms with Crippen LogP contribution in [0.2, 0.25) is 0 Å². The molecule has 4 rings (SSSR count). The fourth-order valence-corrected chi connectivity index (χ4v) is 3.43. The predicted octanol–water partition coefficient (Wildman–Crippen LogP) is 2.99.